The Balaban J connectivity index is 1.72. The molecule has 1 aromatic carbocycles. The Labute approximate surface area is 155 Å². The number of benzene rings is 1. The summed E-state index contributed by atoms with van der Waals surface area (Å²) in [6, 6.07) is 4.84. The van der Waals surface area contributed by atoms with Gasteiger partial charge in [0.2, 0.25) is 0 Å². The van der Waals surface area contributed by atoms with Crippen LogP contribution in [0.3, 0.4) is 0 Å². The van der Waals surface area contributed by atoms with Gasteiger partial charge in [-0.3, -0.25) is 4.79 Å². The average molecular weight is 379 g/mol. The molecule has 2 aliphatic rings. The van der Waals surface area contributed by atoms with Gasteiger partial charge in [-0.25, -0.2) is 4.39 Å². The van der Waals surface area contributed by atoms with E-state index < -0.39 is 0 Å². The number of nitrogens with zero attached hydrogens (tertiary/aromatic N) is 1. The minimum Gasteiger partial charge on any atom is -0.380 e. The predicted octanol–water partition coefficient (Wildman–Crippen LogP) is 3.55. The maximum atomic E-state index is 14.4. The van der Waals surface area contributed by atoms with Crippen LogP contribution >= 0.6 is 11.3 Å². The molecule has 0 radical (unpaired) electrons. The van der Waals surface area contributed by atoms with E-state index in [1.54, 1.807) is 13.2 Å². The standard InChI is InChI=1S/C19H22FNO4S/c1-23-11-12-16-13(20)5-4-7-15(16)26-17(12)18(22)21-8-3-2-6-14(21)19-24-9-10-25-19/h4-5,7,14,19H,2-3,6,8-11H2,1H3. The van der Waals surface area contributed by atoms with E-state index >= 15 is 0 Å². The van der Waals surface area contributed by atoms with Crippen LogP contribution in [0.5, 0.6) is 0 Å². The van der Waals surface area contributed by atoms with Crippen molar-refractivity contribution >= 4 is 27.3 Å². The van der Waals surface area contributed by atoms with Gasteiger partial charge in [-0.05, 0) is 31.4 Å². The molecule has 2 fully saturated rings. The molecule has 7 heteroatoms. The largest absolute Gasteiger partial charge is 0.380 e. The fourth-order valence-corrected chi connectivity index (χ4v) is 5.02. The smallest absolute Gasteiger partial charge is 0.264 e. The molecule has 1 amide bonds. The molecule has 2 saturated heterocycles. The number of hydrogen-bond donors (Lipinski definition) is 0. The van der Waals surface area contributed by atoms with Crippen LogP contribution in [0.2, 0.25) is 0 Å². The van der Waals surface area contributed by atoms with Crippen LogP contribution in [0.1, 0.15) is 34.5 Å². The van der Waals surface area contributed by atoms with E-state index in [0.717, 1.165) is 24.0 Å². The van der Waals surface area contributed by atoms with Gasteiger partial charge < -0.3 is 19.1 Å². The second kappa shape index (κ2) is 7.60. The summed E-state index contributed by atoms with van der Waals surface area (Å²) in [7, 11) is 1.56. The quantitative estimate of drug-likeness (QED) is 0.815. The Morgan fingerprint density at radius 1 is 1.35 bits per heavy atom. The number of fused-ring (bicyclic) bond motifs is 1. The normalized spacial score (nSPS) is 21.6. The fraction of sp³-hybridized carbons (Fsp3) is 0.526. The van der Waals surface area contributed by atoms with Crippen molar-refractivity contribution in [2.75, 3.05) is 26.9 Å². The van der Waals surface area contributed by atoms with Gasteiger partial charge in [-0.1, -0.05) is 6.07 Å². The molecule has 5 nitrogen and oxygen atoms in total. The molecule has 1 atom stereocenters. The third-order valence-electron chi connectivity index (χ3n) is 5.02. The summed E-state index contributed by atoms with van der Waals surface area (Å²) < 4.78 is 31.8. The highest BCUT2D eigenvalue weighted by Gasteiger charge is 2.38. The van der Waals surface area contributed by atoms with Crippen LogP contribution in [0.25, 0.3) is 10.1 Å². The van der Waals surface area contributed by atoms with Crippen molar-refractivity contribution in [3.05, 3.63) is 34.5 Å². The number of ether oxygens (including phenoxy) is 3. The minimum atomic E-state index is -0.365. The molecule has 26 heavy (non-hydrogen) atoms. The number of rotatable bonds is 4. The highest BCUT2D eigenvalue weighted by molar-refractivity contribution is 7.21. The lowest BCUT2D eigenvalue weighted by atomic mass is 10.0. The molecule has 1 unspecified atom stereocenters. The second-order valence-electron chi connectivity index (χ2n) is 6.63. The molecule has 2 aromatic rings. The van der Waals surface area contributed by atoms with Crippen molar-refractivity contribution in [3.8, 4) is 0 Å². The zero-order valence-electron chi connectivity index (χ0n) is 14.7. The lowest BCUT2D eigenvalue weighted by Crippen LogP contribution is -2.50. The molecule has 140 valence electrons. The number of likely N-dealkylation sites (tertiary alicyclic amines) is 1. The van der Waals surface area contributed by atoms with Gasteiger partial charge in [0.1, 0.15) is 5.82 Å². The Morgan fingerprint density at radius 2 is 2.15 bits per heavy atom. The first-order chi connectivity index (χ1) is 12.7. The summed E-state index contributed by atoms with van der Waals surface area (Å²) in [6.45, 7) is 1.99. The summed E-state index contributed by atoms with van der Waals surface area (Å²) in [5.74, 6) is -0.399. The van der Waals surface area contributed by atoms with Gasteiger partial charge in [0.15, 0.2) is 6.29 Å². The number of methoxy groups -OCH3 is 1. The van der Waals surface area contributed by atoms with Gasteiger partial charge in [-0.15, -0.1) is 11.3 Å². The van der Waals surface area contributed by atoms with Crippen molar-refractivity contribution in [1.29, 1.82) is 0 Å². The predicted molar refractivity (Wildman–Crippen MR) is 96.9 cm³/mol. The van der Waals surface area contributed by atoms with E-state index in [9.17, 15) is 9.18 Å². The fourth-order valence-electron chi connectivity index (χ4n) is 3.84. The summed E-state index contributed by atoms with van der Waals surface area (Å²) in [5, 5.41) is 0.490. The maximum absolute atomic E-state index is 14.4. The molecule has 3 heterocycles. The van der Waals surface area contributed by atoms with Gasteiger partial charge in [0, 0.05) is 29.3 Å². The van der Waals surface area contributed by atoms with Gasteiger partial charge >= 0.3 is 0 Å². The SMILES string of the molecule is COCc1c(C(=O)N2CCCCC2C2OCCO2)sc2cccc(F)c12. The maximum Gasteiger partial charge on any atom is 0.264 e. The summed E-state index contributed by atoms with van der Waals surface area (Å²) in [6.07, 6.45) is 2.49. The van der Waals surface area contributed by atoms with Crippen molar-refractivity contribution in [1.82, 2.24) is 4.90 Å². The molecular formula is C19H22FNO4S. The number of carbonyl (C=O) groups excluding carboxylic acids is 1. The highest BCUT2D eigenvalue weighted by Crippen LogP contribution is 2.36. The molecule has 0 spiro atoms. The van der Waals surface area contributed by atoms with Crippen molar-refractivity contribution < 1.29 is 23.4 Å². The van der Waals surface area contributed by atoms with Crippen LogP contribution in [-0.4, -0.2) is 50.0 Å². The lowest BCUT2D eigenvalue weighted by Gasteiger charge is -2.37. The second-order valence-corrected chi connectivity index (χ2v) is 7.68. The highest BCUT2D eigenvalue weighted by atomic mass is 32.1. The zero-order valence-corrected chi connectivity index (χ0v) is 15.5. The lowest BCUT2D eigenvalue weighted by molar-refractivity contribution is -0.100. The Kier molecular flexibility index (Phi) is 5.22. The Morgan fingerprint density at radius 3 is 2.92 bits per heavy atom. The molecule has 0 saturated carbocycles. The number of halogens is 1. The van der Waals surface area contributed by atoms with Gasteiger partial charge in [-0.2, -0.15) is 0 Å². The van der Waals surface area contributed by atoms with Crippen LogP contribution < -0.4 is 0 Å². The molecule has 4 rings (SSSR count). The van der Waals surface area contributed by atoms with Crippen LogP contribution in [0, 0.1) is 5.82 Å². The number of carbonyl (C=O) groups is 1. The average Bonchev–Trinajstić information content (AvgIpc) is 3.30. The van der Waals surface area contributed by atoms with Crippen LogP contribution in [0.4, 0.5) is 4.39 Å². The van der Waals surface area contributed by atoms with Gasteiger partial charge in [0.05, 0.1) is 30.7 Å². The van der Waals surface area contributed by atoms with E-state index in [2.05, 4.69) is 0 Å². The molecule has 2 aliphatic heterocycles. The molecular weight excluding hydrogens is 357 g/mol. The minimum absolute atomic E-state index is 0.0820. The topological polar surface area (TPSA) is 48.0 Å². The monoisotopic (exact) mass is 379 g/mol. The van der Waals surface area contributed by atoms with E-state index in [1.807, 2.05) is 11.0 Å². The first kappa shape index (κ1) is 17.9. The third-order valence-corrected chi connectivity index (χ3v) is 6.20. The number of amides is 1. The van der Waals surface area contributed by atoms with E-state index in [0.29, 0.717) is 35.6 Å². The summed E-state index contributed by atoms with van der Waals surface area (Å²) in [5.41, 5.74) is 0.633. The van der Waals surface area contributed by atoms with Crippen molar-refractivity contribution in [3.63, 3.8) is 0 Å². The van der Waals surface area contributed by atoms with E-state index in [4.69, 9.17) is 14.2 Å². The van der Waals surface area contributed by atoms with E-state index in [1.165, 1.54) is 17.4 Å². The summed E-state index contributed by atoms with van der Waals surface area (Å²) >= 11 is 1.33. The Bertz CT molecular complexity index is 802. The van der Waals surface area contributed by atoms with Crippen LogP contribution in [0.15, 0.2) is 18.2 Å². The molecule has 0 aliphatic carbocycles. The van der Waals surface area contributed by atoms with Gasteiger partial charge in [0.25, 0.3) is 5.91 Å². The molecule has 1 aromatic heterocycles. The Hall–Kier alpha value is -1.54. The van der Waals surface area contributed by atoms with E-state index in [-0.39, 0.29) is 30.7 Å². The first-order valence-electron chi connectivity index (χ1n) is 8.93. The summed E-state index contributed by atoms with van der Waals surface area (Å²) in [4.78, 5) is 15.8. The number of thiophene rings is 1. The van der Waals surface area contributed by atoms with Crippen LogP contribution in [-0.2, 0) is 20.8 Å². The van der Waals surface area contributed by atoms with Crippen molar-refractivity contribution in [2.24, 2.45) is 0 Å². The van der Waals surface area contributed by atoms with Crippen molar-refractivity contribution in [2.45, 2.75) is 38.2 Å². The first-order valence-corrected chi connectivity index (χ1v) is 9.75. The molecule has 0 N–H and O–H groups in total. The zero-order chi connectivity index (χ0) is 18.1. The molecule has 0 bridgehead atoms. The number of hydrogen-bond acceptors (Lipinski definition) is 5. The third kappa shape index (κ3) is 3.13. The number of piperidine rings is 1.